The Kier molecular flexibility index (Phi) is 3.67. The fourth-order valence-electron chi connectivity index (χ4n) is 1.74. The van der Waals surface area contributed by atoms with Gasteiger partial charge in [0.2, 0.25) is 10.0 Å². The van der Waals surface area contributed by atoms with Crippen molar-refractivity contribution in [3.05, 3.63) is 66.2 Å². The minimum absolute atomic E-state index is 0.351. The molecule has 0 unspecified atom stereocenters. The fraction of sp³-hybridized carbons (Fsp3) is 0.143. The van der Waals surface area contributed by atoms with Gasteiger partial charge in [0.25, 0.3) is 0 Å². The van der Waals surface area contributed by atoms with E-state index in [0.717, 1.165) is 5.56 Å². The summed E-state index contributed by atoms with van der Waals surface area (Å²) in [6.07, 6.45) is 1.23. The van der Waals surface area contributed by atoms with Gasteiger partial charge in [0.15, 0.2) is 0 Å². The lowest BCUT2D eigenvalue weighted by atomic mass is 10.2. The Bertz CT molecular complexity index is 594. The van der Waals surface area contributed by atoms with Crippen LogP contribution in [0, 0.1) is 0 Å². The van der Waals surface area contributed by atoms with Gasteiger partial charge in [-0.05, 0) is 17.7 Å². The smallest absolute Gasteiger partial charge is 0.232 e. The quantitative estimate of drug-likeness (QED) is 0.848. The normalized spacial score (nSPS) is 11.2. The van der Waals surface area contributed by atoms with Crippen LogP contribution < -0.4 is 4.31 Å². The summed E-state index contributed by atoms with van der Waals surface area (Å²) in [6, 6.07) is 18.7. The van der Waals surface area contributed by atoms with Crippen LogP contribution in [0.5, 0.6) is 0 Å². The van der Waals surface area contributed by atoms with Crippen LogP contribution in [0.1, 0.15) is 5.56 Å². The lowest BCUT2D eigenvalue weighted by Gasteiger charge is -2.22. The molecule has 2 aromatic carbocycles. The second kappa shape index (κ2) is 5.23. The number of hydrogen-bond acceptors (Lipinski definition) is 2. The number of benzene rings is 2. The molecule has 0 radical (unpaired) electrons. The second-order valence-electron chi connectivity index (χ2n) is 4.09. The second-order valence-corrected chi connectivity index (χ2v) is 6.00. The first-order chi connectivity index (χ1) is 8.57. The number of anilines is 1. The minimum atomic E-state index is -3.28. The molecule has 0 amide bonds. The van der Waals surface area contributed by atoms with Crippen molar-refractivity contribution in [2.24, 2.45) is 0 Å². The van der Waals surface area contributed by atoms with E-state index in [0.29, 0.717) is 12.2 Å². The summed E-state index contributed by atoms with van der Waals surface area (Å²) < 4.78 is 25.1. The molecule has 0 fully saturated rings. The molecule has 0 bridgehead atoms. The molecule has 2 aromatic rings. The van der Waals surface area contributed by atoms with E-state index in [4.69, 9.17) is 0 Å². The average molecular weight is 261 g/mol. The lowest BCUT2D eigenvalue weighted by Crippen LogP contribution is -2.29. The van der Waals surface area contributed by atoms with Gasteiger partial charge in [-0.1, -0.05) is 48.5 Å². The van der Waals surface area contributed by atoms with Crippen LogP contribution in [-0.4, -0.2) is 14.7 Å². The van der Waals surface area contributed by atoms with Crippen molar-refractivity contribution in [1.82, 2.24) is 0 Å². The number of rotatable bonds is 4. The third kappa shape index (κ3) is 3.11. The van der Waals surface area contributed by atoms with Crippen molar-refractivity contribution in [1.29, 1.82) is 0 Å². The largest absolute Gasteiger partial charge is 0.266 e. The Hall–Kier alpha value is -1.81. The van der Waals surface area contributed by atoms with E-state index in [1.807, 2.05) is 48.5 Å². The first-order valence-corrected chi connectivity index (χ1v) is 7.49. The highest BCUT2D eigenvalue weighted by molar-refractivity contribution is 7.92. The van der Waals surface area contributed by atoms with Crippen molar-refractivity contribution in [3.8, 4) is 0 Å². The van der Waals surface area contributed by atoms with Crippen LogP contribution in [-0.2, 0) is 16.6 Å². The van der Waals surface area contributed by atoms with Crippen LogP contribution in [0.2, 0.25) is 0 Å². The molecule has 0 aromatic heterocycles. The molecule has 0 aliphatic carbocycles. The molecular formula is C14H15NO2S. The van der Waals surface area contributed by atoms with Crippen molar-refractivity contribution >= 4 is 15.7 Å². The molecule has 0 saturated carbocycles. The van der Waals surface area contributed by atoms with Crippen LogP contribution in [0.4, 0.5) is 5.69 Å². The van der Waals surface area contributed by atoms with E-state index in [2.05, 4.69) is 0 Å². The highest BCUT2D eigenvalue weighted by atomic mass is 32.2. The predicted octanol–water partition coefficient (Wildman–Crippen LogP) is 2.65. The minimum Gasteiger partial charge on any atom is -0.266 e. The SMILES string of the molecule is CS(=O)(=O)N(Cc1ccccc1)c1ccccc1. The van der Waals surface area contributed by atoms with Crippen LogP contribution in [0.25, 0.3) is 0 Å². The van der Waals surface area contributed by atoms with Crippen molar-refractivity contribution in [2.75, 3.05) is 10.6 Å². The number of hydrogen-bond donors (Lipinski definition) is 0. The van der Waals surface area contributed by atoms with Crippen LogP contribution in [0.15, 0.2) is 60.7 Å². The Morgan fingerprint density at radius 3 is 1.89 bits per heavy atom. The van der Waals surface area contributed by atoms with Gasteiger partial charge >= 0.3 is 0 Å². The molecule has 3 nitrogen and oxygen atoms in total. The molecular weight excluding hydrogens is 246 g/mol. The van der Waals surface area contributed by atoms with Gasteiger partial charge in [0.05, 0.1) is 18.5 Å². The number of nitrogens with zero attached hydrogens (tertiary/aromatic N) is 1. The Labute approximate surface area is 108 Å². The highest BCUT2D eigenvalue weighted by Crippen LogP contribution is 2.19. The standard InChI is InChI=1S/C14H15NO2S/c1-18(16,17)15(14-10-6-3-7-11-14)12-13-8-4-2-5-9-13/h2-11H,12H2,1H3. The maximum atomic E-state index is 11.9. The van der Waals surface area contributed by atoms with Gasteiger partial charge in [-0.2, -0.15) is 0 Å². The maximum Gasteiger partial charge on any atom is 0.232 e. The zero-order chi connectivity index (χ0) is 13.0. The van der Waals surface area contributed by atoms with Crippen molar-refractivity contribution < 1.29 is 8.42 Å². The summed E-state index contributed by atoms with van der Waals surface area (Å²) in [7, 11) is -3.28. The molecule has 0 atom stereocenters. The van der Waals surface area contributed by atoms with Gasteiger partial charge in [-0.3, -0.25) is 4.31 Å². The lowest BCUT2D eigenvalue weighted by molar-refractivity contribution is 0.596. The maximum absolute atomic E-state index is 11.9. The van der Waals surface area contributed by atoms with E-state index in [-0.39, 0.29) is 0 Å². The van der Waals surface area contributed by atoms with Crippen LogP contribution >= 0.6 is 0 Å². The summed E-state index contributed by atoms with van der Waals surface area (Å²) in [5.74, 6) is 0. The van der Waals surface area contributed by atoms with Gasteiger partial charge in [0, 0.05) is 0 Å². The molecule has 18 heavy (non-hydrogen) atoms. The van der Waals surface area contributed by atoms with E-state index in [1.165, 1.54) is 10.6 Å². The summed E-state index contributed by atoms with van der Waals surface area (Å²) >= 11 is 0. The van der Waals surface area contributed by atoms with Gasteiger partial charge < -0.3 is 0 Å². The molecule has 0 N–H and O–H groups in total. The van der Waals surface area contributed by atoms with E-state index >= 15 is 0 Å². The third-order valence-electron chi connectivity index (χ3n) is 2.61. The van der Waals surface area contributed by atoms with Crippen molar-refractivity contribution in [2.45, 2.75) is 6.54 Å². The summed E-state index contributed by atoms with van der Waals surface area (Å²) in [6.45, 7) is 0.351. The number of sulfonamides is 1. The first-order valence-electron chi connectivity index (χ1n) is 5.64. The molecule has 4 heteroatoms. The third-order valence-corrected chi connectivity index (χ3v) is 3.75. The highest BCUT2D eigenvalue weighted by Gasteiger charge is 2.17. The molecule has 0 saturated heterocycles. The first kappa shape index (κ1) is 12.6. The molecule has 0 spiro atoms. The Balaban J connectivity index is 2.34. The summed E-state index contributed by atoms with van der Waals surface area (Å²) in [5.41, 5.74) is 1.65. The van der Waals surface area contributed by atoms with Gasteiger partial charge in [-0.25, -0.2) is 8.42 Å². The van der Waals surface area contributed by atoms with Crippen molar-refractivity contribution in [3.63, 3.8) is 0 Å². The fourth-order valence-corrected chi connectivity index (χ4v) is 2.63. The Morgan fingerprint density at radius 1 is 0.889 bits per heavy atom. The van der Waals surface area contributed by atoms with Crippen LogP contribution in [0.3, 0.4) is 0 Å². The van der Waals surface area contributed by atoms with E-state index in [1.54, 1.807) is 12.1 Å². The molecule has 0 aliphatic rings. The zero-order valence-corrected chi connectivity index (χ0v) is 11.0. The summed E-state index contributed by atoms with van der Waals surface area (Å²) in [4.78, 5) is 0. The van der Waals surface area contributed by atoms with E-state index < -0.39 is 10.0 Å². The van der Waals surface area contributed by atoms with E-state index in [9.17, 15) is 8.42 Å². The molecule has 94 valence electrons. The van der Waals surface area contributed by atoms with Gasteiger partial charge in [-0.15, -0.1) is 0 Å². The zero-order valence-electron chi connectivity index (χ0n) is 10.2. The predicted molar refractivity (Wildman–Crippen MR) is 73.9 cm³/mol. The molecule has 0 aliphatic heterocycles. The topological polar surface area (TPSA) is 37.4 Å². The monoisotopic (exact) mass is 261 g/mol. The average Bonchev–Trinajstić information content (AvgIpc) is 2.37. The molecule has 0 heterocycles. The Morgan fingerprint density at radius 2 is 1.39 bits per heavy atom. The molecule has 2 rings (SSSR count). The number of para-hydroxylation sites is 1. The summed E-state index contributed by atoms with van der Waals surface area (Å²) in [5, 5.41) is 0. The van der Waals surface area contributed by atoms with Gasteiger partial charge in [0.1, 0.15) is 0 Å².